The van der Waals surface area contributed by atoms with Gasteiger partial charge in [-0.15, -0.1) is 0 Å². The molecule has 0 saturated carbocycles. The van der Waals surface area contributed by atoms with E-state index in [1.807, 2.05) is 12.1 Å². The fourth-order valence-corrected chi connectivity index (χ4v) is 7.29. The molecule has 0 N–H and O–H groups in total. The number of hydrogen-bond donors (Lipinski definition) is 0. The van der Waals surface area contributed by atoms with Crippen molar-refractivity contribution in [1.82, 2.24) is 4.57 Å². The van der Waals surface area contributed by atoms with Crippen LogP contribution in [0.4, 0.5) is 22.7 Å². The lowest BCUT2D eigenvalue weighted by molar-refractivity contribution is 0.632. The molecule has 0 atom stereocenters. The molecule has 6 aromatic carbocycles. The zero-order chi connectivity index (χ0) is 29.6. The Kier molecular flexibility index (Phi) is 4.99. The highest BCUT2D eigenvalue weighted by Crippen LogP contribution is 2.52. The Balaban J connectivity index is 1.27. The van der Waals surface area contributed by atoms with Crippen LogP contribution in [0.1, 0.15) is 25.0 Å². The highest BCUT2D eigenvalue weighted by molar-refractivity contribution is 6.12. The summed E-state index contributed by atoms with van der Waals surface area (Å²) in [5.41, 5.74) is 11.6. The minimum absolute atomic E-state index is 0.108. The fraction of sp³-hybridized carbons (Fsp3) is 0.0750. The quantitative estimate of drug-likeness (QED) is 0.195. The predicted molar refractivity (Wildman–Crippen MR) is 181 cm³/mol. The standard InChI is InChI=1S/C40H27N3O/c1-40(2)32-11-5-8-14-36(32)43(37-15-9-6-12-33(37)40)27-18-21-39-31(24-27)30-23-26(17-20-38(30)44-39)42-34-13-7-4-10-28(34)29-22-25(41-3)16-19-35(29)42/h4-24H,1-2H3. The lowest BCUT2D eigenvalue weighted by atomic mass is 9.73. The molecule has 0 spiro atoms. The second kappa shape index (κ2) is 8.86. The topological polar surface area (TPSA) is 25.7 Å². The Hall–Kier alpha value is -5.79. The van der Waals surface area contributed by atoms with Crippen LogP contribution in [0, 0.1) is 6.57 Å². The van der Waals surface area contributed by atoms with Crippen LogP contribution in [0.5, 0.6) is 0 Å². The Bertz CT molecular complexity index is 2460. The van der Waals surface area contributed by atoms with Gasteiger partial charge in [0.2, 0.25) is 0 Å². The third-order valence-electron chi connectivity index (χ3n) is 9.37. The summed E-state index contributed by atoms with van der Waals surface area (Å²) in [6.07, 6.45) is 0. The molecule has 0 amide bonds. The number of fused-ring (bicyclic) bond motifs is 8. The maximum absolute atomic E-state index is 7.54. The molecule has 8 aromatic rings. The molecular weight excluding hydrogens is 538 g/mol. The van der Waals surface area contributed by atoms with Crippen LogP contribution >= 0.6 is 0 Å². The van der Waals surface area contributed by atoms with E-state index in [9.17, 15) is 0 Å². The molecule has 9 rings (SSSR count). The number of rotatable bonds is 2. The molecule has 4 heteroatoms. The molecule has 4 nitrogen and oxygen atoms in total. The van der Waals surface area contributed by atoms with Crippen molar-refractivity contribution in [1.29, 1.82) is 0 Å². The first-order valence-corrected chi connectivity index (χ1v) is 14.9. The van der Waals surface area contributed by atoms with Gasteiger partial charge in [0.05, 0.1) is 29.0 Å². The first kappa shape index (κ1) is 24.8. The van der Waals surface area contributed by atoms with E-state index >= 15 is 0 Å². The van der Waals surface area contributed by atoms with Gasteiger partial charge < -0.3 is 13.9 Å². The Morgan fingerprint density at radius 2 is 1.16 bits per heavy atom. The predicted octanol–water partition coefficient (Wildman–Crippen LogP) is 11.3. The first-order chi connectivity index (χ1) is 21.5. The summed E-state index contributed by atoms with van der Waals surface area (Å²) in [6, 6.07) is 44.8. The lowest BCUT2D eigenvalue weighted by Gasteiger charge is -2.42. The van der Waals surface area contributed by atoms with Gasteiger partial charge in [0.25, 0.3) is 0 Å². The van der Waals surface area contributed by atoms with E-state index in [4.69, 9.17) is 11.0 Å². The van der Waals surface area contributed by atoms with Gasteiger partial charge in [0.1, 0.15) is 11.2 Å². The Morgan fingerprint density at radius 3 is 1.86 bits per heavy atom. The average molecular weight is 566 g/mol. The van der Waals surface area contributed by atoms with Crippen LogP contribution in [-0.2, 0) is 5.41 Å². The number of anilines is 3. The van der Waals surface area contributed by atoms with E-state index in [2.05, 4.69) is 143 Å². The van der Waals surface area contributed by atoms with Gasteiger partial charge in [0, 0.05) is 32.9 Å². The molecule has 1 aliphatic heterocycles. The molecule has 0 saturated heterocycles. The summed E-state index contributed by atoms with van der Waals surface area (Å²) >= 11 is 0. The summed E-state index contributed by atoms with van der Waals surface area (Å²) in [4.78, 5) is 6.07. The van der Waals surface area contributed by atoms with E-state index in [1.54, 1.807) is 0 Å². The third-order valence-corrected chi connectivity index (χ3v) is 9.37. The molecule has 0 radical (unpaired) electrons. The molecule has 0 aliphatic carbocycles. The van der Waals surface area contributed by atoms with Crippen molar-refractivity contribution in [2.75, 3.05) is 4.90 Å². The minimum atomic E-state index is -0.108. The number of benzene rings is 6. The van der Waals surface area contributed by atoms with Gasteiger partial charge in [-0.1, -0.05) is 74.5 Å². The van der Waals surface area contributed by atoms with Gasteiger partial charge in [-0.2, -0.15) is 0 Å². The highest BCUT2D eigenvalue weighted by atomic mass is 16.3. The lowest BCUT2D eigenvalue weighted by Crippen LogP contribution is -2.30. The van der Waals surface area contributed by atoms with Crippen LogP contribution in [0.25, 0.3) is 54.3 Å². The van der Waals surface area contributed by atoms with Crippen molar-refractivity contribution >= 4 is 66.5 Å². The number of aromatic nitrogens is 1. The number of nitrogens with zero attached hydrogens (tertiary/aromatic N) is 3. The summed E-state index contributed by atoms with van der Waals surface area (Å²) in [7, 11) is 0. The van der Waals surface area contributed by atoms with Crippen LogP contribution in [0.3, 0.4) is 0 Å². The largest absolute Gasteiger partial charge is 0.456 e. The smallest absolute Gasteiger partial charge is 0.188 e. The molecule has 0 bridgehead atoms. The normalized spacial score (nSPS) is 13.8. The number of hydrogen-bond acceptors (Lipinski definition) is 2. The van der Waals surface area contributed by atoms with Crippen LogP contribution in [0.15, 0.2) is 132 Å². The monoisotopic (exact) mass is 565 g/mol. The molecule has 0 unspecified atom stereocenters. The molecule has 208 valence electrons. The first-order valence-electron chi connectivity index (χ1n) is 14.9. The molecule has 2 aromatic heterocycles. The molecule has 44 heavy (non-hydrogen) atoms. The molecular formula is C40H27N3O. The van der Waals surface area contributed by atoms with Crippen molar-refractivity contribution < 1.29 is 4.42 Å². The summed E-state index contributed by atoms with van der Waals surface area (Å²) in [6.45, 7) is 12.2. The van der Waals surface area contributed by atoms with Gasteiger partial charge in [-0.3, -0.25) is 0 Å². The van der Waals surface area contributed by atoms with Gasteiger partial charge in [-0.05, 0) is 83.2 Å². The summed E-state index contributed by atoms with van der Waals surface area (Å²) in [5, 5.41) is 4.37. The minimum Gasteiger partial charge on any atom is -0.456 e. The number of para-hydroxylation sites is 3. The summed E-state index contributed by atoms with van der Waals surface area (Å²) < 4.78 is 8.67. The zero-order valence-corrected chi connectivity index (χ0v) is 24.4. The highest BCUT2D eigenvalue weighted by Gasteiger charge is 2.36. The van der Waals surface area contributed by atoms with Gasteiger partial charge in [0.15, 0.2) is 5.69 Å². The van der Waals surface area contributed by atoms with E-state index in [0.717, 1.165) is 55.1 Å². The van der Waals surface area contributed by atoms with E-state index in [1.165, 1.54) is 22.5 Å². The second-order valence-electron chi connectivity index (χ2n) is 12.1. The third kappa shape index (κ3) is 3.32. The van der Waals surface area contributed by atoms with Crippen molar-refractivity contribution in [2.45, 2.75) is 19.3 Å². The van der Waals surface area contributed by atoms with Crippen LogP contribution in [0.2, 0.25) is 0 Å². The van der Waals surface area contributed by atoms with E-state index in [-0.39, 0.29) is 5.41 Å². The maximum Gasteiger partial charge on any atom is 0.188 e. The van der Waals surface area contributed by atoms with E-state index < -0.39 is 0 Å². The van der Waals surface area contributed by atoms with E-state index in [0.29, 0.717) is 5.69 Å². The zero-order valence-electron chi connectivity index (χ0n) is 24.4. The van der Waals surface area contributed by atoms with Crippen molar-refractivity contribution in [3.8, 4) is 5.69 Å². The van der Waals surface area contributed by atoms with Crippen molar-refractivity contribution in [2.24, 2.45) is 0 Å². The van der Waals surface area contributed by atoms with Gasteiger partial charge in [-0.25, -0.2) is 4.85 Å². The van der Waals surface area contributed by atoms with Gasteiger partial charge >= 0.3 is 0 Å². The molecule has 3 heterocycles. The summed E-state index contributed by atoms with van der Waals surface area (Å²) in [5.74, 6) is 0. The van der Waals surface area contributed by atoms with Crippen LogP contribution in [-0.4, -0.2) is 4.57 Å². The van der Waals surface area contributed by atoms with Crippen molar-refractivity contribution in [3.05, 3.63) is 150 Å². The molecule has 1 aliphatic rings. The fourth-order valence-electron chi connectivity index (χ4n) is 7.29. The second-order valence-corrected chi connectivity index (χ2v) is 12.1. The molecule has 0 fully saturated rings. The Labute approximate surface area is 254 Å². The maximum atomic E-state index is 7.54. The van der Waals surface area contributed by atoms with Crippen molar-refractivity contribution in [3.63, 3.8) is 0 Å². The Morgan fingerprint density at radius 1 is 0.568 bits per heavy atom. The number of furan rings is 1. The van der Waals surface area contributed by atoms with Crippen LogP contribution < -0.4 is 4.90 Å². The average Bonchev–Trinajstić information content (AvgIpc) is 3.59. The SMILES string of the molecule is [C-]#[N+]c1ccc2c(c1)c1ccccc1n2-c1ccc2oc3ccc(N4c5ccccc5C(C)(C)c5ccccc54)cc3c2c1.